The standard InChI is InChI=1S/C63H123NO5/c1-3-5-7-9-11-13-15-17-19-20-21-22-23-24-25-28-31-35-39-43-47-51-55-61(66)60(59-65)64-62(67)56-52-48-44-40-36-32-29-26-27-30-34-38-42-46-50-54-58-69-63(68)57-53-49-45-41-37-33-18-16-14-12-10-8-6-4-2/h16,18,60-61,65-66H,3-15,17,19-59H2,1-2H3,(H,64,67)/b18-16-. The maximum absolute atomic E-state index is 12.5. The lowest BCUT2D eigenvalue weighted by Gasteiger charge is -2.22. The fourth-order valence-electron chi connectivity index (χ4n) is 9.99. The van der Waals surface area contributed by atoms with Crippen molar-refractivity contribution in [3.05, 3.63) is 12.2 Å². The van der Waals surface area contributed by atoms with Crippen molar-refractivity contribution in [3.63, 3.8) is 0 Å². The van der Waals surface area contributed by atoms with Crippen LogP contribution in [0.1, 0.15) is 354 Å². The lowest BCUT2D eigenvalue weighted by atomic mass is 10.0. The Morgan fingerprint density at radius 2 is 0.681 bits per heavy atom. The monoisotopic (exact) mass is 974 g/mol. The zero-order chi connectivity index (χ0) is 50.0. The molecule has 0 bridgehead atoms. The van der Waals surface area contributed by atoms with Gasteiger partial charge in [-0.05, 0) is 51.4 Å². The quantitative estimate of drug-likeness (QED) is 0.0321. The topological polar surface area (TPSA) is 95.9 Å². The van der Waals surface area contributed by atoms with Crippen molar-refractivity contribution in [1.82, 2.24) is 5.32 Å². The summed E-state index contributed by atoms with van der Waals surface area (Å²) in [4.78, 5) is 24.6. The van der Waals surface area contributed by atoms with Gasteiger partial charge in [0.25, 0.3) is 0 Å². The molecule has 0 aromatic heterocycles. The molecule has 0 aliphatic rings. The second kappa shape index (κ2) is 59.2. The smallest absolute Gasteiger partial charge is 0.305 e. The van der Waals surface area contributed by atoms with Crippen LogP contribution in [0.15, 0.2) is 12.2 Å². The summed E-state index contributed by atoms with van der Waals surface area (Å²) >= 11 is 0. The number of rotatable bonds is 59. The number of carbonyl (C=O) groups is 2. The van der Waals surface area contributed by atoms with Crippen LogP contribution in [0.3, 0.4) is 0 Å². The summed E-state index contributed by atoms with van der Waals surface area (Å²) in [5.74, 6) is -0.0420. The third-order valence-electron chi connectivity index (χ3n) is 14.8. The molecule has 3 N–H and O–H groups in total. The van der Waals surface area contributed by atoms with E-state index in [1.165, 1.54) is 276 Å². The van der Waals surface area contributed by atoms with Crippen LogP contribution in [-0.4, -0.2) is 47.4 Å². The largest absolute Gasteiger partial charge is 0.466 e. The van der Waals surface area contributed by atoms with Gasteiger partial charge >= 0.3 is 5.97 Å². The van der Waals surface area contributed by atoms with Gasteiger partial charge in [-0.25, -0.2) is 0 Å². The van der Waals surface area contributed by atoms with E-state index in [1.807, 2.05) is 0 Å². The Morgan fingerprint density at radius 3 is 1.03 bits per heavy atom. The number of hydrogen-bond donors (Lipinski definition) is 3. The first-order valence-electron chi connectivity index (χ1n) is 31.4. The molecular formula is C63H123NO5. The van der Waals surface area contributed by atoms with Crippen LogP contribution in [0, 0.1) is 0 Å². The van der Waals surface area contributed by atoms with Gasteiger partial charge in [-0.1, -0.05) is 302 Å². The van der Waals surface area contributed by atoms with E-state index in [9.17, 15) is 19.8 Å². The minimum atomic E-state index is -0.670. The molecule has 0 spiro atoms. The fourth-order valence-corrected chi connectivity index (χ4v) is 9.99. The van der Waals surface area contributed by atoms with E-state index in [2.05, 4.69) is 31.3 Å². The van der Waals surface area contributed by atoms with Crippen molar-refractivity contribution in [2.24, 2.45) is 0 Å². The van der Waals surface area contributed by atoms with Gasteiger partial charge in [0, 0.05) is 12.8 Å². The molecule has 6 nitrogen and oxygen atoms in total. The molecule has 0 saturated carbocycles. The highest BCUT2D eigenvalue weighted by molar-refractivity contribution is 5.76. The van der Waals surface area contributed by atoms with Gasteiger partial charge in [0.15, 0.2) is 0 Å². The lowest BCUT2D eigenvalue weighted by Crippen LogP contribution is -2.45. The Kier molecular flexibility index (Phi) is 58.0. The zero-order valence-corrected chi connectivity index (χ0v) is 46.8. The third-order valence-corrected chi connectivity index (χ3v) is 14.8. The molecule has 1 amide bonds. The Morgan fingerprint density at radius 1 is 0.391 bits per heavy atom. The van der Waals surface area contributed by atoms with Crippen molar-refractivity contribution in [2.75, 3.05) is 13.2 Å². The molecule has 0 aromatic rings. The van der Waals surface area contributed by atoms with Gasteiger partial charge in [-0.2, -0.15) is 0 Å². The molecule has 2 unspecified atom stereocenters. The average molecular weight is 975 g/mol. The number of aliphatic hydroxyl groups is 2. The Bertz CT molecular complexity index is 1030. The fraction of sp³-hybridized carbons (Fsp3) is 0.937. The summed E-state index contributed by atoms with van der Waals surface area (Å²) in [6, 6.07) is -0.547. The third kappa shape index (κ3) is 55.8. The average Bonchev–Trinajstić information content (AvgIpc) is 3.35. The molecule has 0 heterocycles. The minimum Gasteiger partial charge on any atom is -0.466 e. The molecule has 69 heavy (non-hydrogen) atoms. The van der Waals surface area contributed by atoms with Gasteiger partial charge in [0.05, 0.1) is 25.4 Å². The number of esters is 1. The normalized spacial score (nSPS) is 12.6. The first kappa shape index (κ1) is 67.6. The predicted octanol–water partition coefficient (Wildman–Crippen LogP) is 19.6. The van der Waals surface area contributed by atoms with Crippen molar-refractivity contribution in [1.29, 1.82) is 0 Å². The van der Waals surface area contributed by atoms with Crippen LogP contribution in [0.5, 0.6) is 0 Å². The first-order valence-corrected chi connectivity index (χ1v) is 31.4. The number of carbonyl (C=O) groups excluding carboxylic acids is 2. The molecular weight excluding hydrogens is 851 g/mol. The molecule has 0 rings (SSSR count). The number of aliphatic hydroxyl groups excluding tert-OH is 2. The van der Waals surface area contributed by atoms with Crippen LogP contribution in [0.2, 0.25) is 0 Å². The Hall–Kier alpha value is -1.40. The Balaban J connectivity index is 3.42. The first-order chi connectivity index (χ1) is 34.0. The minimum absolute atomic E-state index is 0.00420. The van der Waals surface area contributed by atoms with E-state index in [1.54, 1.807) is 0 Å². The van der Waals surface area contributed by atoms with E-state index >= 15 is 0 Å². The van der Waals surface area contributed by atoms with Crippen LogP contribution in [0.4, 0.5) is 0 Å². The summed E-state index contributed by atoms with van der Waals surface area (Å²) in [6.07, 6.45) is 70.7. The van der Waals surface area contributed by atoms with Gasteiger partial charge in [-0.15, -0.1) is 0 Å². The number of allylic oxidation sites excluding steroid dienone is 2. The van der Waals surface area contributed by atoms with Gasteiger partial charge in [-0.3, -0.25) is 9.59 Å². The van der Waals surface area contributed by atoms with Crippen molar-refractivity contribution in [3.8, 4) is 0 Å². The maximum atomic E-state index is 12.5. The molecule has 0 aromatic carbocycles. The highest BCUT2D eigenvalue weighted by Crippen LogP contribution is 2.18. The molecule has 0 fully saturated rings. The molecule has 0 aliphatic heterocycles. The van der Waals surface area contributed by atoms with Crippen molar-refractivity contribution in [2.45, 2.75) is 366 Å². The summed E-state index contributed by atoms with van der Waals surface area (Å²) in [5, 5.41) is 23.4. The molecule has 2 atom stereocenters. The van der Waals surface area contributed by atoms with Crippen LogP contribution in [-0.2, 0) is 14.3 Å². The molecule has 0 radical (unpaired) electrons. The Labute approximate surface area is 431 Å². The second-order valence-electron chi connectivity index (χ2n) is 21.7. The van der Waals surface area contributed by atoms with Crippen molar-refractivity contribution >= 4 is 11.9 Å². The highest BCUT2D eigenvalue weighted by atomic mass is 16.5. The molecule has 410 valence electrons. The van der Waals surface area contributed by atoms with Crippen LogP contribution in [0.25, 0.3) is 0 Å². The number of hydrogen-bond acceptors (Lipinski definition) is 5. The van der Waals surface area contributed by atoms with E-state index in [0.29, 0.717) is 25.9 Å². The molecule has 0 saturated heterocycles. The second-order valence-corrected chi connectivity index (χ2v) is 21.7. The summed E-state index contributed by atoms with van der Waals surface area (Å²) in [6.45, 7) is 4.96. The lowest BCUT2D eigenvalue weighted by molar-refractivity contribution is -0.143. The van der Waals surface area contributed by atoms with Gasteiger partial charge < -0.3 is 20.3 Å². The number of ether oxygens (including phenoxy) is 1. The van der Waals surface area contributed by atoms with E-state index in [4.69, 9.17) is 4.74 Å². The maximum Gasteiger partial charge on any atom is 0.305 e. The highest BCUT2D eigenvalue weighted by Gasteiger charge is 2.20. The molecule has 6 heteroatoms. The predicted molar refractivity (Wildman–Crippen MR) is 301 cm³/mol. The summed E-state index contributed by atoms with van der Waals surface area (Å²) < 4.78 is 5.47. The zero-order valence-electron chi connectivity index (χ0n) is 46.8. The SMILES string of the molecule is CCCCCCC/C=C\CCCCCCCC(=O)OCCCCCCCCCCCCCCCCCCC(=O)NC(CO)C(O)CCCCCCCCCCCCCCCCCCCCCCCC. The van der Waals surface area contributed by atoms with E-state index in [0.717, 1.165) is 44.9 Å². The summed E-state index contributed by atoms with van der Waals surface area (Å²) in [7, 11) is 0. The van der Waals surface area contributed by atoms with Gasteiger partial charge in [0.1, 0.15) is 0 Å². The van der Waals surface area contributed by atoms with Crippen molar-refractivity contribution < 1.29 is 24.5 Å². The number of nitrogens with one attached hydrogen (secondary N) is 1. The van der Waals surface area contributed by atoms with E-state index in [-0.39, 0.29) is 18.5 Å². The van der Waals surface area contributed by atoms with Crippen LogP contribution >= 0.6 is 0 Å². The van der Waals surface area contributed by atoms with E-state index < -0.39 is 12.1 Å². The molecule has 0 aliphatic carbocycles. The number of unbranched alkanes of at least 4 members (excludes halogenated alkanes) is 46. The van der Waals surface area contributed by atoms with Crippen LogP contribution < -0.4 is 5.32 Å². The van der Waals surface area contributed by atoms with Gasteiger partial charge in [0.2, 0.25) is 5.91 Å². The summed E-state index contributed by atoms with van der Waals surface area (Å²) in [5.41, 5.74) is 0. The number of amides is 1.